The van der Waals surface area contributed by atoms with Crippen LogP contribution < -0.4 is 5.32 Å². The van der Waals surface area contributed by atoms with Gasteiger partial charge in [0, 0.05) is 30.1 Å². The Morgan fingerprint density at radius 2 is 2.24 bits per heavy atom. The van der Waals surface area contributed by atoms with Crippen molar-refractivity contribution >= 4 is 11.3 Å². The van der Waals surface area contributed by atoms with Gasteiger partial charge in [0.05, 0.1) is 0 Å². The fraction of sp³-hybridized carbons (Fsp3) is 0.714. The molecule has 1 aromatic heterocycles. The van der Waals surface area contributed by atoms with E-state index in [0.29, 0.717) is 6.04 Å². The summed E-state index contributed by atoms with van der Waals surface area (Å²) in [4.78, 5) is 4.23. The summed E-state index contributed by atoms with van der Waals surface area (Å²) >= 11 is 1.91. The van der Waals surface area contributed by atoms with Crippen LogP contribution in [0.5, 0.6) is 0 Å². The first kappa shape index (κ1) is 13.1. The molecule has 1 aliphatic rings. The van der Waals surface area contributed by atoms with E-state index in [1.165, 1.54) is 38.8 Å². The van der Waals surface area contributed by atoms with Gasteiger partial charge in [-0.05, 0) is 37.8 Å². The first-order chi connectivity index (χ1) is 8.35. The van der Waals surface area contributed by atoms with Crippen LogP contribution in [0.15, 0.2) is 17.5 Å². The van der Waals surface area contributed by atoms with E-state index in [1.807, 2.05) is 11.3 Å². The molecule has 1 atom stereocenters. The van der Waals surface area contributed by atoms with Crippen LogP contribution in [-0.2, 0) is 0 Å². The number of nitrogens with zero attached hydrogens (tertiary/aromatic N) is 1. The highest BCUT2D eigenvalue weighted by Crippen LogP contribution is 2.31. The van der Waals surface area contributed by atoms with E-state index in [9.17, 15) is 0 Å². The highest BCUT2D eigenvalue weighted by atomic mass is 32.1. The second-order valence-corrected chi connectivity index (χ2v) is 5.90. The molecule has 1 N–H and O–H groups in total. The molecule has 96 valence electrons. The molecule has 0 bridgehead atoms. The Kier molecular flexibility index (Phi) is 5.01. The molecule has 0 spiro atoms. The van der Waals surface area contributed by atoms with Crippen LogP contribution in [0.3, 0.4) is 0 Å². The molecule has 2 rings (SSSR count). The Morgan fingerprint density at radius 3 is 2.76 bits per heavy atom. The van der Waals surface area contributed by atoms with E-state index in [4.69, 9.17) is 0 Å². The van der Waals surface area contributed by atoms with E-state index >= 15 is 0 Å². The Morgan fingerprint density at radius 1 is 1.47 bits per heavy atom. The monoisotopic (exact) mass is 252 g/mol. The first-order valence-corrected chi connectivity index (χ1v) is 7.67. The van der Waals surface area contributed by atoms with Crippen molar-refractivity contribution in [3.05, 3.63) is 22.4 Å². The lowest BCUT2D eigenvalue weighted by molar-refractivity contribution is 0.140. The van der Waals surface area contributed by atoms with Gasteiger partial charge in [0.25, 0.3) is 0 Å². The SMILES string of the molecule is CCCC(c1cccs1)N1CCC(NC)CC1. The van der Waals surface area contributed by atoms with Crippen molar-refractivity contribution in [3.63, 3.8) is 0 Å². The molecule has 1 unspecified atom stereocenters. The lowest BCUT2D eigenvalue weighted by Gasteiger charge is -2.37. The Labute approximate surface area is 109 Å². The maximum Gasteiger partial charge on any atom is 0.0441 e. The predicted molar refractivity (Wildman–Crippen MR) is 75.6 cm³/mol. The van der Waals surface area contributed by atoms with Gasteiger partial charge in [0.1, 0.15) is 0 Å². The van der Waals surface area contributed by atoms with Gasteiger partial charge in [-0.2, -0.15) is 0 Å². The number of nitrogens with one attached hydrogen (secondary N) is 1. The lowest BCUT2D eigenvalue weighted by Crippen LogP contribution is -2.42. The van der Waals surface area contributed by atoms with Gasteiger partial charge in [-0.25, -0.2) is 0 Å². The van der Waals surface area contributed by atoms with E-state index in [1.54, 1.807) is 4.88 Å². The number of hydrogen-bond donors (Lipinski definition) is 1. The number of rotatable bonds is 5. The van der Waals surface area contributed by atoms with Crippen molar-refractivity contribution in [1.82, 2.24) is 10.2 Å². The van der Waals surface area contributed by atoms with Crippen LogP contribution in [0.1, 0.15) is 43.5 Å². The van der Waals surface area contributed by atoms with Crippen LogP contribution in [0.2, 0.25) is 0 Å². The summed E-state index contributed by atoms with van der Waals surface area (Å²) in [5, 5.41) is 5.61. The molecular weight excluding hydrogens is 228 g/mol. The quantitative estimate of drug-likeness (QED) is 0.865. The van der Waals surface area contributed by atoms with Crippen molar-refractivity contribution in [3.8, 4) is 0 Å². The minimum Gasteiger partial charge on any atom is -0.317 e. The van der Waals surface area contributed by atoms with Gasteiger partial charge in [-0.3, -0.25) is 4.90 Å². The van der Waals surface area contributed by atoms with Crippen LogP contribution in [-0.4, -0.2) is 31.1 Å². The molecule has 0 aromatic carbocycles. The fourth-order valence-corrected chi connectivity index (χ4v) is 3.65. The van der Waals surface area contributed by atoms with E-state index in [-0.39, 0.29) is 0 Å². The van der Waals surface area contributed by atoms with Gasteiger partial charge in [0.2, 0.25) is 0 Å². The standard InChI is InChI=1S/C14H24N2S/c1-3-5-13(14-6-4-11-17-14)16-9-7-12(15-2)8-10-16/h4,6,11-13,15H,3,5,7-10H2,1-2H3. The maximum atomic E-state index is 3.41. The molecule has 0 saturated carbocycles. The number of thiophene rings is 1. The maximum absolute atomic E-state index is 3.41. The van der Waals surface area contributed by atoms with Crippen LogP contribution in [0, 0.1) is 0 Å². The minimum absolute atomic E-state index is 0.665. The molecule has 2 nitrogen and oxygen atoms in total. The zero-order chi connectivity index (χ0) is 12.1. The number of likely N-dealkylation sites (tertiary alicyclic amines) is 1. The zero-order valence-corrected chi connectivity index (χ0v) is 11.8. The second kappa shape index (κ2) is 6.53. The Hall–Kier alpha value is -0.380. The molecule has 1 aromatic rings. The van der Waals surface area contributed by atoms with E-state index in [0.717, 1.165) is 6.04 Å². The van der Waals surface area contributed by atoms with Gasteiger partial charge in [0.15, 0.2) is 0 Å². The predicted octanol–water partition coefficient (Wildman–Crippen LogP) is 3.27. The highest BCUT2D eigenvalue weighted by Gasteiger charge is 2.25. The molecule has 1 aliphatic heterocycles. The summed E-state index contributed by atoms with van der Waals surface area (Å²) in [5.74, 6) is 0. The van der Waals surface area contributed by atoms with Crippen LogP contribution in [0.25, 0.3) is 0 Å². The van der Waals surface area contributed by atoms with Gasteiger partial charge < -0.3 is 5.32 Å². The van der Waals surface area contributed by atoms with Crippen LogP contribution in [0.4, 0.5) is 0 Å². The summed E-state index contributed by atoms with van der Waals surface area (Å²) in [5.41, 5.74) is 0. The average Bonchev–Trinajstić information content (AvgIpc) is 2.90. The van der Waals surface area contributed by atoms with Gasteiger partial charge in [-0.1, -0.05) is 19.4 Å². The molecule has 0 radical (unpaired) electrons. The number of hydrogen-bond acceptors (Lipinski definition) is 3. The average molecular weight is 252 g/mol. The minimum atomic E-state index is 0.665. The summed E-state index contributed by atoms with van der Waals surface area (Å²) in [7, 11) is 2.09. The zero-order valence-electron chi connectivity index (χ0n) is 11.0. The van der Waals surface area contributed by atoms with Crippen LogP contribution >= 0.6 is 11.3 Å². The summed E-state index contributed by atoms with van der Waals surface area (Å²) in [6, 6.07) is 5.88. The van der Waals surface area contributed by atoms with Crippen molar-refractivity contribution in [2.75, 3.05) is 20.1 Å². The first-order valence-electron chi connectivity index (χ1n) is 6.80. The third kappa shape index (κ3) is 3.30. The summed E-state index contributed by atoms with van der Waals surface area (Å²) in [6.45, 7) is 4.78. The largest absolute Gasteiger partial charge is 0.317 e. The molecule has 3 heteroatoms. The normalized spacial score (nSPS) is 20.6. The molecule has 0 amide bonds. The second-order valence-electron chi connectivity index (χ2n) is 4.92. The van der Waals surface area contributed by atoms with Gasteiger partial charge >= 0.3 is 0 Å². The molecule has 17 heavy (non-hydrogen) atoms. The third-order valence-electron chi connectivity index (χ3n) is 3.81. The fourth-order valence-electron chi connectivity index (χ4n) is 2.76. The van der Waals surface area contributed by atoms with Gasteiger partial charge in [-0.15, -0.1) is 11.3 Å². The molecule has 1 fully saturated rings. The van der Waals surface area contributed by atoms with Crippen molar-refractivity contribution in [2.45, 2.75) is 44.7 Å². The van der Waals surface area contributed by atoms with Crippen molar-refractivity contribution in [1.29, 1.82) is 0 Å². The summed E-state index contributed by atoms with van der Waals surface area (Å²) in [6.07, 6.45) is 5.16. The van der Waals surface area contributed by atoms with Crippen molar-refractivity contribution < 1.29 is 0 Å². The smallest absolute Gasteiger partial charge is 0.0441 e. The van der Waals surface area contributed by atoms with E-state index in [2.05, 4.69) is 41.7 Å². The molecule has 2 heterocycles. The lowest BCUT2D eigenvalue weighted by atomic mass is 10.0. The topological polar surface area (TPSA) is 15.3 Å². The Bertz CT molecular complexity index is 302. The summed E-state index contributed by atoms with van der Waals surface area (Å²) < 4.78 is 0. The molecule has 0 aliphatic carbocycles. The molecular formula is C14H24N2S. The Balaban J connectivity index is 1.98. The van der Waals surface area contributed by atoms with E-state index < -0.39 is 0 Å². The third-order valence-corrected chi connectivity index (χ3v) is 4.79. The highest BCUT2D eigenvalue weighted by molar-refractivity contribution is 7.10. The number of piperidine rings is 1. The van der Waals surface area contributed by atoms with Crippen molar-refractivity contribution in [2.24, 2.45) is 0 Å². The molecule has 1 saturated heterocycles.